The molecule has 12 heteroatoms. The number of rotatable bonds is 6. The Bertz CT molecular complexity index is 1680. The van der Waals surface area contributed by atoms with E-state index in [0.717, 1.165) is 21.8 Å². The molecule has 6 rings (SSSR count). The van der Waals surface area contributed by atoms with Crippen molar-refractivity contribution in [3.63, 3.8) is 0 Å². The van der Waals surface area contributed by atoms with E-state index in [1.165, 1.54) is 36.0 Å². The number of ketones is 1. The molecule has 0 aliphatic carbocycles. The number of aliphatic hydroxyl groups excluding tert-OH is 1. The first kappa shape index (κ1) is 26.3. The van der Waals surface area contributed by atoms with Crippen LogP contribution < -0.4 is 14.4 Å². The van der Waals surface area contributed by atoms with Gasteiger partial charge in [-0.15, -0.1) is 10.2 Å². The maximum absolute atomic E-state index is 15.2. The first-order valence-electron chi connectivity index (χ1n) is 12.1. The average Bonchev–Trinajstić information content (AvgIpc) is 3.54. The molecule has 0 bridgehead atoms. The maximum atomic E-state index is 15.2. The van der Waals surface area contributed by atoms with Crippen LogP contribution in [-0.4, -0.2) is 40.2 Å². The van der Waals surface area contributed by atoms with E-state index in [0.29, 0.717) is 39.8 Å². The third kappa shape index (κ3) is 4.80. The van der Waals surface area contributed by atoms with Crippen LogP contribution in [0.3, 0.4) is 0 Å². The Balaban J connectivity index is 1.40. The van der Waals surface area contributed by atoms with E-state index in [-0.39, 0.29) is 21.8 Å². The number of thioether (sulfide) groups is 1. The van der Waals surface area contributed by atoms with Crippen molar-refractivity contribution in [2.24, 2.45) is 0 Å². The van der Waals surface area contributed by atoms with Gasteiger partial charge in [-0.1, -0.05) is 71.1 Å². The number of hydrogen-bond acceptors (Lipinski definition) is 9. The SMILES string of the molecule is O=C1C(=O)N(c2nnc(SCc3ccccc3Cl)s2)C(c2ccccc2F)/C1=C(/O)c1ccc2c(c1)OCCO2. The minimum absolute atomic E-state index is 0.0289. The highest BCUT2D eigenvalue weighted by molar-refractivity contribution is 8.00. The van der Waals surface area contributed by atoms with Crippen molar-refractivity contribution in [1.29, 1.82) is 0 Å². The Morgan fingerprint density at radius 3 is 2.60 bits per heavy atom. The number of benzene rings is 3. The summed E-state index contributed by atoms with van der Waals surface area (Å²) in [6, 6.07) is 16.6. The molecule has 0 radical (unpaired) electrons. The molecule has 2 aliphatic heterocycles. The van der Waals surface area contributed by atoms with Crippen molar-refractivity contribution in [1.82, 2.24) is 10.2 Å². The van der Waals surface area contributed by atoms with Crippen molar-refractivity contribution in [2.75, 3.05) is 18.1 Å². The number of ether oxygens (including phenoxy) is 2. The highest BCUT2D eigenvalue weighted by Gasteiger charge is 2.49. The van der Waals surface area contributed by atoms with Gasteiger partial charge in [0.15, 0.2) is 15.8 Å². The lowest BCUT2D eigenvalue weighted by Gasteiger charge is -2.23. The summed E-state index contributed by atoms with van der Waals surface area (Å²) >= 11 is 8.70. The maximum Gasteiger partial charge on any atom is 0.301 e. The third-order valence-electron chi connectivity index (χ3n) is 6.37. The number of fused-ring (bicyclic) bond motifs is 1. The van der Waals surface area contributed by atoms with Crippen LogP contribution >= 0.6 is 34.7 Å². The molecule has 8 nitrogen and oxygen atoms in total. The van der Waals surface area contributed by atoms with E-state index in [1.807, 2.05) is 18.2 Å². The van der Waals surface area contributed by atoms with Gasteiger partial charge < -0.3 is 14.6 Å². The molecular formula is C28H19ClFN3O5S2. The van der Waals surface area contributed by atoms with Gasteiger partial charge in [0.25, 0.3) is 5.78 Å². The van der Waals surface area contributed by atoms with Crippen LogP contribution in [0.2, 0.25) is 5.02 Å². The zero-order valence-corrected chi connectivity index (χ0v) is 22.9. The third-order valence-corrected chi connectivity index (χ3v) is 8.84. The largest absolute Gasteiger partial charge is 0.507 e. The number of Topliss-reactive ketones (excluding diaryl/α,β-unsaturated/α-hetero) is 1. The zero-order chi connectivity index (χ0) is 27.8. The summed E-state index contributed by atoms with van der Waals surface area (Å²) in [4.78, 5) is 27.9. The van der Waals surface area contributed by atoms with Gasteiger partial charge >= 0.3 is 5.91 Å². The van der Waals surface area contributed by atoms with E-state index >= 15 is 4.39 Å². The predicted molar refractivity (Wildman–Crippen MR) is 150 cm³/mol. The number of aromatic nitrogens is 2. The summed E-state index contributed by atoms with van der Waals surface area (Å²) in [5.41, 5.74) is 0.877. The van der Waals surface area contributed by atoms with Gasteiger partial charge in [0.05, 0.1) is 5.57 Å². The highest BCUT2D eigenvalue weighted by Crippen LogP contribution is 2.45. The minimum Gasteiger partial charge on any atom is -0.507 e. The fraction of sp³-hybridized carbons (Fsp3) is 0.143. The summed E-state index contributed by atoms with van der Waals surface area (Å²) in [5.74, 6) is -1.66. The van der Waals surface area contributed by atoms with Gasteiger partial charge in [0.1, 0.15) is 30.8 Å². The summed E-state index contributed by atoms with van der Waals surface area (Å²) in [7, 11) is 0. The topological polar surface area (TPSA) is 102 Å². The number of amides is 1. The van der Waals surface area contributed by atoms with Crippen molar-refractivity contribution >= 4 is 57.3 Å². The number of carbonyl (C=O) groups excluding carboxylic acids is 2. The zero-order valence-electron chi connectivity index (χ0n) is 20.5. The fourth-order valence-corrected chi connectivity index (χ4v) is 6.63. The van der Waals surface area contributed by atoms with Crippen LogP contribution in [0.15, 0.2) is 76.6 Å². The first-order valence-corrected chi connectivity index (χ1v) is 14.3. The second-order valence-electron chi connectivity index (χ2n) is 8.78. The number of anilines is 1. The quantitative estimate of drug-likeness (QED) is 0.0949. The number of hydrogen-bond donors (Lipinski definition) is 1. The minimum atomic E-state index is -1.27. The molecule has 2 aliphatic rings. The normalized spacial score (nSPS) is 17.9. The summed E-state index contributed by atoms with van der Waals surface area (Å²) in [6.07, 6.45) is 0. The lowest BCUT2D eigenvalue weighted by molar-refractivity contribution is -0.132. The smallest absolute Gasteiger partial charge is 0.301 e. The molecule has 1 amide bonds. The molecule has 1 unspecified atom stereocenters. The lowest BCUT2D eigenvalue weighted by Crippen LogP contribution is -2.29. The predicted octanol–water partition coefficient (Wildman–Crippen LogP) is 6.02. The standard InChI is InChI=1S/C28H19ClFN3O5S2/c29-18-7-3-1-5-16(18)14-39-28-32-31-27(40-28)33-23(17-6-2-4-8-19(17)30)22(25(35)26(33)36)24(34)15-9-10-20-21(13-15)38-12-11-37-20/h1-10,13,23,34H,11-12,14H2/b24-22-. The second kappa shape index (κ2) is 10.9. The van der Waals surface area contributed by atoms with Crippen LogP contribution in [0.25, 0.3) is 5.76 Å². The molecule has 0 saturated carbocycles. The van der Waals surface area contributed by atoms with Gasteiger partial charge in [-0.3, -0.25) is 14.5 Å². The van der Waals surface area contributed by atoms with Gasteiger partial charge in [-0.25, -0.2) is 4.39 Å². The number of aliphatic hydroxyl groups is 1. The van der Waals surface area contributed by atoms with E-state index in [2.05, 4.69) is 10.2 Å². The molecule has 202 valence electrons. The van der Waals surface area contributed by atoms with Crippen molar-refractivity contribution in [3.8, 4) is 11.5 Å². The molecule has 1 saturated heterocycles. The molecule has 4 aromatic rings. The lowest BCUT2D eigenvalue weighted by atomic mass is 9.95. The van der Waals surface area contributed by atoms with Gasteiger partial charge in [0, 0.05) is 21.9 Å². The average molecular weight is 596 g/mol. The Labute approximate surface area is 241 Å². The van der Waals surface area contributed by atoms with Crippen LogP contribution in [0.1, 0.15) is 22.7 Å². The Kier molecular flexibility index (Phi) is 7.18. The van der Waals surface area contributed by atoms with E-state index in [1.54, 1.807) is 24.3 Å². The van der Waals surface area contributed by atoms with Crippen molar-refractivity contribution < 1.29 is 28.6 Å². The van der Waals surface area contributed by atoms with E-state index in [9.17, 15) is 14.7 Å². The van der Waals surface area contributed by atoms with Gasteiger partial charge in [0.2, 0.25) is 5.13 Å². The Morgan fingerprint density at radius 2 is 1.80 bits per heavy atom. The van der Waals surface area contributed by atoms with Crippen LogP contribution in [0, 0.1) is 5.82 Å². The number of nitrogens with zero attached hydrogens (tertiary/aromatic N) is 3. The Morgan fingerprint density at radius 1 is 1.05 bits per heavy atom. The van der Waals surface area contributed by atoms with Crippen LogP contribution in [-0.2, 0) is 15.3 Å². The van der Waals surface area contributed by atoms with Crippen LogP contribution in [0.5, 0.6) is 11.5 Å². The van der Waals surface area contributed by atoms with Crippen molar-refractivity contribution in [3.05, 3.63) is 99.8 Å². The van der Waals surface area contributed by atoms with E-state index < -0.39 is 29.3 Å². The fourth-order valence-electron chi connectivity index (χ4n) is 4.48. The Hall–Kier alpha value is -3.93. The molecule has 1 aromatic heterocycles. The summed E-state index contributed by atoms with van der Waals surface area (Å²) in [5, 5.41) is 20.4. The second-order valence-corrected chi connectivity index (χ2v) is 11.4. The van der Waals surface area contributed by atoms with Gasteiger partial charge in [-0.05, 0) is 35.9 Å². The summed E-state index contributed by atoms with van der Waals surface area (Å²) in [6.45, 7) is 0.710. The number of halogens is 2. The molecule has 40 heavy (non-hydrogen) atoms. The molecular weight excluding hydrogens is 577 g/mol. The molecule has 3 aromatic carbocycles. The molecule has 1 atom stereocenters. The monoisotopic (exact) mass is 595 g/mol. The molecule has 1 fully saturated rings. The van der Waals surface area contributed by atoms with Crippen molar-refractivity contribution in [2.45, 2.75) is 16.1 Å². The van der Waals surface area contributed by atoms with Crippen LogP contribution in [0.4, 0.5) is 9.52 Å². The highest BCUT2D eigenvalue weighted by atomic mass is 35.5. The molecule has 0 spiro atoms. The van der Waals surface area contributed by atoms with Gasteiger partial charge in [-0.2, -0.15) is 0 Å². The molecule has 1 N–H and O–H groups in total. The summed E-state index contributed by atoms with van der Waals surface area (Å²) < 4.78 is 26.8. The molecule has 3 heterocycles. The first-order chi connectivity index (χ1) is 19.4. The number of carbonyl (C=O) groups is 2. The van der Waals surface area contributed by atoms with E-state index in [4.69, 9.17) is 21.1 Å².